The van der Waals surface area contributed by atoms with E-state index in [2.05, 4.69) is 19.9 Å². The van der Waals surface area contributed by atoms with E-state index in [1.165, 1.54) is 12.7 Å². The van der Waals surface area contributed by atoms with Crippen molar-refractivity contribution in [1.29, 1.82) is 0 Å². The van der Waals surface area contributed by atoms with Gasteiger partial charge in [-0.25, -0.2) is 9.97 Å². The Kier molecular flexibility index (Phi) is 5.64. The lowest BCUT2D eigenvalue weighted by Gasteiger charge is -2.39. The van der Waals surface area contributed by atoms with Crippen LogP contribution in [-0.4, -0.2) is 90.2 Å². The van der Waals surface area contributed by atoms with Gasteiger partial charge in [-0.2, -0.15) is 0 Å². The number of rotatable bonds is 8. The van der Waals surface area contributed by atoms with Crippen molar-refractivity contribution in [2.75, 3.05) is 26.2 Å². The van der Waals surface area contributed by atoms with Crippen molar-refractivity contribution in [3.8, 4) is 0 Å². The number of piperazine rings is 1. The molecular weight excluding hydrogens is 340 g/mol. The first-order valence-electron chi connectivity index (χ1n) is 8.43. The second-order valence-corrected chi connectivity index (χ2v) is 6.34. The van der Waals surface area contributed by atoms with Gasteiger partial charge in [0.25, 0.3) is 0 Å². The quantitative estimate of drug-likeness (QED) is 0.490. The van der Waals surface area contributed by atoms with Crippen LogP contribution in [0.3, 0.4) is 0 Å². The summed E-state index contributed by atoms with van der Waals surface area (Å²) in [6.07, 6.45) is 6.98. The Morgan fingerprint density at radius 2 is 1.27 bits per heavy atom. The summed E-state index contributed by atoms with van der Waals surface area (Å²) in [6.45, 7) is 1.99. The molecule has 2 aromatic heterocycles. The fraction of sp³-hybridized carbons (Fsp3) is 0.500. The largest absolute Gasteiger partial charge is 0.480 e. The average molecular weight is 362 g/mol. The smallest absolute Gasteiger partial charge is 0.321 e. The van der Waals surface area contributed by atoms with Crippen molar-refractivity contribution in [3.63, 3.8) is 0 Å². The Balaban J connectivity index is 1.61. The molecule has 2 atom stereocenters. The third-order valence-corrected chi connectivity index (χ3v) is 4.74. The molecule has 4 N–H and O–H groups in total. The van der Waals surface area contributed by atoms with Crippen LogP contribution in [0, 0.1) is 0 Å². The number of carboxylic acid groups (broad SMARTS) is 2. The maximum Gasteiger partial charge on any atom is 0.321 e. The lowest BCUT2D eigenvalue weighted by Crippen LogP contribution is -2.57. The van der Waals surface area contributed by atoms with Gasteiger partial charge in [0.15, 0.2) is 0 Å². The molecule has 0 amide bonds. The molecule has 0 aliphatic carbocycles. The van der Waals surface area contributed by atoms with Crippen LogP contribution in [0.2, 0.25) is 0 Å². The van der Waals surface area contributed by atoms with E-state index in [0.717, 1.165) is 11.4 Å². The summed E-state index contributed by atoms with van der Waals surface area (Å²) in [6, 6.07) is -1.32. The predicted octanol–water partition coefficient (Wildman–Crippen LogP) is -0.558. The van der Waals surface area contributed by atoms with E-state index < -0.39 is 24.0 Å². The Labute approximate surface area is 149 Å². The molecule has 1 saturated heterocycles. The molecule has 0 bridgehead atoms. The van der Waals surface area contributed by atoms with Crippen LogP contribution in [0.5, 0.6) is 0 Å². The van der Waals surface area contributed by atoms with E-state index in [4.69, 9.17) is 0 Å². The molecule has 10 nitrogen and oxygen atoms in total. The lowest BCUT2D eigenvalue weighted by molar-refractivity contribution is -0.148. The molecule has 0 unspecified atom stereocenters. The summed E-state index contributed by atoms with van der Waals surface area (Å²) >= 11 is 0. The molecule has 3 heterocycles. The third-order valence-electron chi connectivity index (χ3n) is 4.74. The molecule has 0 saturated carbocycles. The molecule has 3 rings (SSSR count). The molecule has 0 radical (unpaired) electrons. The molecule has 26 heavy (non-hydrogen) atoms. The summed E-state index contributed by atoms with van der Waals surface area (Å²) in [4.78, 5) is 40.8. The molecule has 1 aliphatic rings. The highest BCUT2D eigenvalue weighted by Crippen LogP contribution is 2.15. The van der Waals surface area contributed by atoms with Crippen LogP contribution < -0.4 is 0 Å². The van der Waals surface area contributed by atoms with E-state index in [0.29, 0.717) is 39.0 Å². The minimum atomic E-state index is -0.889. The Morgan fingerprint density at radius 3 is 1.54 bits per heavy atom. The number of nitrogens with one attached hydrogen (secondary N) is 2. The normalized spacial score (nSPS) is 18.5. The summed E-state index contributed by atoms with van der Waals surface area (Å²) < 4.78 is 0. The molecule has 1 fully saturated rings. The number of carbonyl (C=O) groups is 2. The van der Waals surface area contributed by atoms with E-state index in [9.17, 15) is 19.8 Å². The van der Waals surface area contributed by atoms with E-state index in [1.54, 1.807) is 12.4 Å². The van der Waals surface area contributed by atoms with Crippen LogP contribution >= 0.6 is 0 Å². The zero-order chi connectivity index (χ0) is 18.5. The predicted molar refractivity (Wildman–Crippen MR) is 90.6 cm³/mol. The number of aliphatic carboxylic acids is 2. The highest BCUT2D eigenvalue weighted by atomic mass is 16.4. The third kappa shape index (κ3) is 4.27. The standard InChI is InChI=1S/C16H22N6O4/c23-15(24)13(5-11-7-17-9-19-11)21-1-2-22(4-3-21)14(16(25)26)6-12-8-18-10-20-12/h7-10,13-14H,1-6H2,(H,17,19)(H,18,20)(H,23,24)(H,25,26)/t13-,14-/m0/s1. The number of hydrogen-bond donors (Lipinski definition) is 4. The second kappa shape index (κ2) is 8.11. The molecule has 0 aromatic carbocycles. The maximum atomic E-state index is 11.7. The highest BCUT2D eigenvalue weighted by Gasteiger charge is 2.33. The molecular formula is C16H22N6O4. The fourth-order valence-electron chi connectivity index (χ4n) is 3.32. The molecule has 2 aromatic rings. The Bertz CT molecular complexity index is 647. The first-order chi connectivity index (χ1) is 12.5. The van der Waals surface area contributed by atoms with E-state index in [1.807, 2.05) is 9.80 Å². The molecule has 0 spiro atoms. The van der Waals surface area contributed by atoms with Crippen molar-refractivity contribution >= 4 is 11.9 Å². The van der Waals surface area contributed by atoms with Crippen LogP contribution in [0.4, 0.5) is 0 Å². The zero-order valence-electron chi connectivity index (χ0n) is 14.2. The lowest BCUT2D eigenvalue weighted by atomic mass is 10.1. The van der Waals surface area contributed by atoms with Crippen molar-refractivity contribution in [2.45, 2.75) is 24.9 Å². The SMILES string of the molecule is O=C(O)[C@H](Cc1cnc[nH]1)N1CCN([C@@H](Cc2cnc[nH]2)C(=O)O)CC1. The van der Waals surface area contributed by atoms with Gasteiger partial charge in [0, 0.05) is 62.8 Å². The number of nitrogens with zero attached hydrogens (tertiary/aromatic N) is 4. The first kappa shape index (κ1) is 18.1. The van der Waals surface area contributed by atoms with E-state index >= 15 is 0 Å². The number of aromatic nitrogens is 4. The number of H-pyrrole nitrogens is 2. The van der Waals surface area contributed by atoms with Crippen molar-refractivity contribution < 1.29 is 19.8 Å². The number of carboxylic acids is 2. The summed E-state index contributed by atoms with van der Waals surface area (Å²) in [5, 5.41) is 19.1. The average Bonchev–Trinajstić information content (AvgIpc) is 3.31. The first-order valence-corrected chi connectivity index (χ1v) is 8.43. The van der Waals surface area contributed by atoms with Gasteiger partial charge in [0.1, 0.15) is 12.1 Å². The van der Waals surface area contributed by atoms with Crippen molar-refractivity contribution in [1.82, 2.24) is 29.7 Å². The van der Waals surface area contributed by atoms with Crippen molar-refractivity contribution in [2.24, 2.45) is 0 Å². The highest BCUT2D eigenvalue weighted by molar-refractivity contribution is 5.74. The van der Waals surface area contributed by atoms with Gasteiger partial charge in [-0.3, -0.25) is 19.4 Å². The maximum absolute atomic E-state index is 11.7. The van der Waals surface area contributed by atoms with Crippen LogP contribution in [-0.2, 0) is 22.4 Å². The minimum absolute atomic E-state index is 0.339. The molecule has 140 valence electrons. The van der Waals surface area contributed by atoms with Gasteiger partial charge in [-0.15, -0.1) is 0 Å². The van der Waals surface area contributed by atoms with Crippen molar-refractivity contribution in [3.05, 3.63) is 36.4 Å². The molecule has 1 aliphatic heterocycles. The summed E-state index contributed by atoms with van der Waals surface area (Å²) in [5.41, 5.74) is 1.53. The number of aromatic amines is 2. The van der Waals surface area contributed by atoms with Gasteiger partial charge in [0.05, 0.1) is 12.7 Å². The number of hydrogen-bond acceptors (Lipinski definition) is 6. The van der Waals surface area contributed by atoms with Gasteiger partial charge in [-0.05, 0) is 0 Å². The van der Waals surface area contributed by atoms with Gasteiger partial charge in [-0.1, -0.05) is 0 Å². The Morgan fingerprint density at radius 1 is 0.885 bits per heavy atom. The number of imidazole rings is 2. The zero-order valence-corrected chi connectivity index (χ0v) is 14.2. The van der Waals surface area contributed by atoms with Gasteiger partial charge < -0.3 is 20.2 Å². The Hall–Kier alpha value is -2.72. The van der Waals surface area contributed by atoms with Crippen LogP contribution in [0.15, 0.2) is 25.0 Å². The van der Waals surface area contributed by atoms with Gasteiger partial charge in [0.2, 0.25) is 0 Å². The molecule has 10 heteroatoms. The summed E-state index contributed by atoms with van der Waals surface area (Å²) in [5.74, 6) is -1.78. The van der Waals surface area contributed by atoms with Gasteiger partial charge >= 0.3 is 11.9 Å². The second-order valence-electron chi connectivity index (χ2n) is 6.34. The monoisotopic (exact) mass is 362 g/mol. The topological polar surface area (TPSA) is 138 Å². The fourth-order valence-corrected chi connectivity index (χ4v) is 3.32. The summed E-state index contributed by atoms with van der Waals surface area (Å²) in [7, 11) is 0. The van der Waals surface area contributed by atoms with Crippen LogP contribution in [0.1, 0.15) is 11.4 Å². The van der Waals surface area contributed by atoms with E-state index in [-0.39, 0.29) is 0 Å². The minimum Gasteiger partial charge on any atom is -0.480 e. The van der Waals surface area contributed by atoms with Crippen LogP contribution in [0.25, 0.3) is 0 Å².